The van der Waals surface area contributed by atoms with Crippen LogP contribution in [0.5, 0.6) is 0 Å². The number of carbonyl (C=O) groups is 1. The molecule has 1 fully saturated rings. The van der Waals surface area contributed by atoms with E-state index in [9.17, 15) is 4.79 Å². The molecule has 1 unspecified atom stereocenters. The first kappa shape index (κ1) is 13.1. The monoisotopic (exact) mass is 246 g/mol. The van der Waals surface area contributed by atoms with Gasteiger partial charge in [-0.2, -0.15) is 0 Å². The molecule has 0 bridgehead atoms. The molecule has 1 aromatic carbocycles. The lowest BCUT2D eigenvalue weighted by atomic mass is 9.94. The van der Waals surface area contributed by atoms with Crippen molar-refractivity contribution >= 4 is 5.91 Å². The molecule has 2 rings (SSSR count). The Morgan fingerprint density at radius 3 is 2.44 bits per heavy atom. The molecule has 0 aliphatic carbocycles. The fourth-order valence-electron chi connectivity index (χ4n) is 2.92. The highest BCUT2D eigenvalue weighted by Crippen LogP contribution is 2.25. The zero-order valence-electron chi connectivity index (χ0n) is 11.7. The van der Waals surface area contributed by atoms with Crippen LogP contribution in [0.15, 0.2) is 12.1 Å². The fourth-order valence-corrected chi connectivity index (χ4v) is 2.92. The van der Waals surface area contributed by atoms with E-state index in [1.807, 2.05) is 11.9 Å². The van der Waals surface area contributed by atoms with Gasteiger partial charge < -0.3 is 10.2 Å². The summed E-state index contributed by atoms with van der Waals surface area (Å²) in [6, 6.07) is 4.69. The second kappa shape index (κ2) is 5.11. The molecule has 0 spiro atoms. The molecule has 1 N–H and O–H groups in total. The largest absolute Gasteiger partial charge is 0.344 e. The number of hydrogen-bond acceptors (Lipinski definition) is 2. The van der Waals surface area contributed by atoms with Gasteiger partial charge in [-0.15, -0.1) is 0 Å². The van der Waals surface area contributed by atoms with Crippen LogP contribution in [0.4, 0.5) is 0 Å². The van der Waals surface area contributed by atoms with E-state index in [0.717, 1.165) is 13.1 Å². The molecular formula is C15H22N2O. The van der Waals surface area contributed by atoms with Crippen molar-refractivity contribution in [1.82, 2.24) is 10.2 Å². The van der Waals surface area contributed by atoms with Crippen LogP contribution in [0.1, 0.15) is 34.7 Å². The number of hydrogen-bond donors (Lipinski definition) is 1. The third-order valence-electron chi connectivity index (χ3n) is 3.70. The van der Waals surface area contributed by atoms with Crippen molar-refractivity contribution in [3.8, 4) is 0 Å². The van der Waals surface area contributed by atoms with E-state index in [-0.39, 0.29) is 11.9 Å². The van der Waals surface area contributed by atoms with Gasteiger partial charge in [0.15, 0.2) is 0 Å². The van der Waals surface area contributed by atoms with Crippen LogP contribution in [0.25, 0.3) is 0 Å². The van der Waals surface area contributed by atoms with Gasteiger partial charge in [0, 0.05) is 26.6 Å². The van der Waals surface area contributed by atoms with Gasteiger partial charge in [0.25, 0.3) is 0 Å². The van der Waals surface area contributed by atoms with Gasteiger partial charge >= 0.3 is 0 Å². The van der Waals surface area contributed by atoms with Crippen molar-refractivity contribution in [2.24, 2.45) is 0 Å². The number of nitrogens with zero attached hydrogens (tertiary/aromatic N) is 1. The zero-order valence-corrected chi connectivity index (χ0v) is 11.7. The van der Waals surface area contributed by atoms with Crippen LogP contribution in [0, 0.1) is 20.8 Å². The van der Waals surface area contributed by atoms with Crippen LogP contribution in [-0.2, 0) is 4.79 Å². The van der Waals surface area contributed by atoms with Crippen molar-refractivity contribution < 1.29 is 4.79 Å². The summed E-state index contributed by atoms with van der Waals surface area (Å²) in [6.45, 7) is 7.96. The molecule has 98 valence electrons. The Bertz CT molecular complexity index is 445. The number of rotatable bonds is 1. The molecule has 3 nitrogen and oxygen atoms in total. The third kappa shape index (κ3) is 2.56. The molecule has 1 amide bonds. The van der Waals surface area contributed by atoms with E-state index in [1.165, 1.54) is 22.3 Å². The average Bonchev–Trinajstić information content (AvgIpc) is 2.40. The van der Waals surface area contributed by atoms with Crippen molar-refractivity contribution in [2.75, 3.05) is 20.1 Å². The van der Waals surface area contributed by atoms with Crippen molar-refractivity contribution in [3.05, 3.63) is 34.4 Å². The first-order valence-electron chi connectivity index (χ1n) is 6.54. The maximum absolute atomic E-state index is 11.7. The summed E-state index contributed by atoms with van der Waals surface area (Å²) >= 11 is 0. The summed E-state index contributed by atoms with van der Waals surface area (Å²) in [5.74, 6) is 0.229. The topological polar surface area (TPSA) is 32.3 Å². The summed E-state index contributed by atoms with van der Waals surface area (Å²) < 4.78 is 0. The van der Waals surface area contributed by atoms with Gasteiger partial charge in [-0.25, -0.2) is 0 Å². The highest BCUT2D eigenvalue weighted by molar-refractivity contribution is 5.76. The molecule has 1 saturated heterocycles. The maximum Gasteiger partial charge on any atom is 0.223 e. The Morgan fingerprint density at radius 1 is 1.22 bits per heavy atom. The Kier molecular flexibility index (Phi) is 3.71. The Labute approximate surface area is 109 Å². The molecule has 1 heterocycles. The Hall–Kier alpha value is -1.35. The molecule has 0 aromatic heterocycles. The first-order chi connectivity index (χ1) is 8.49. The Balaban J connectivity index is 2.33. The van der Waals surface area contributed by atoms with Crippen molar-refractivity contribution in [2.45, 2.75) is 33.2 Å². The van der Waals surface area contributed by atoms with E-state index in [2.05, 4.69) is 38.2 Å². The molecule has 18 heavy (non-hydrogen) atoms. The summed E-state index contributed by atoms with van der Waals surface area (Å²) in [5.41, 5.74) is 5.27. The molecular weight excluding hydrogens is 224 g/mol. The van der Waals surface area contributed by atoms with Gasteiger partial charge in [-0.05, 0) is 37.5 Å². The first-order valence-corrected chi connectivity index (χ1v) is 6.54. The van der Waals surface area contributed by atoms with Crippen LogP contribution < -0.4 is 5.32 Å². The van der Waals surface area contributed by atoms with E-state index < -0.39 is 0 Å². The summed E-state index contributed by atoms with van der Waals surface area (Å²) in [5, 5.41) is 3.50. The smallest absolute Gasteiger partial charge is 0.223 e. The fraction of sp³-hybridized carbons (Fsp3) is 0.533. The summed E-state index contributed by atoms with van der Waals surface area (Å²) in [6.07, 6.45) is 0.594. The van der Waals surface area contributed by atoms with Crippen molar-refractivity contribution in [1.29, 1.82) is 0 Å². The van der Waals surface area contributed by atoms with Crippen LogP contribution in [-0.4, -0.2) is 30.9 Å². The number of amides is 1. The van der Waals surface area contributed by atoms with E-state index in [4.69, 9.17) is 0 Å². The number of carbonyl (C=O) groups excluding carboxylic acids is 1. The molecule has 1 atom stereocenters. The minimum Gasteiger partial charge on any atom is -0.344 e. The average molecular weight is 246 g/mol. The molecule has 0 radical (unpaired) electrons. The quantitative estimate of drug-likeness (QED) is 0.823. The highest BCUT2D eigenvalue weighted by Gasteiger charge is 2.23. The SMILES string of the molecule is Cc1cc(C)c(C2CN(C)C(=O)CCN2)c(C)c1. The lowest BCUT2D eigenvalue weighted by Crippen LogP contribution is -2.31. The zero-order chi connectivity index (χ0) is 13.3. The predicted octanol–water partition coefficient (Wildman–Crippen LogP) is 2.10. The van der Waals surface area contributed by atoms with Gasteiger partial charge in [0.1, 0.15) is 0 Å². The van der Waals surface area contributed by atoms with E-state index in [0.29, 0.717) is 6.42 Å². The third-order valence-corrected chi connectivity index (χ3v) is 3.70. The molecule has 0 saturated carbocycles. The number of aryl methyl sites for hydroxylation is 3. The highest BCUT2D eigenvalue weighted by atomic mass is 16.2. The second-order valence-electron chi connectivity index (χ2n) is 5.34. The summed E-state index contributed by atoms with van der Waals surface area (Å²) in [7, 11) is 1.89. The maximum atomic E-state index is 11.7. The van der Waals surface area contributed by atoms with Gasteiger partial charge in [-0.3, -0.25) is 4.79 Å². The van der Waals surface area contributed by atoms with Crippen molar-refractivity contribution in [3.63, 3.8) is 0 Å². The number of nitrogens with one attached hydrogen (secondary N) is 1. The molecule has 1 aliphatic rings. The standard InChI is InChI=1S/C15H22N2O/c1-10-7-11(2)15(12(3)8-10)13-9-17(4)14(18)5-6-16-13/h7-8,13,16H,5-6,9H2,1-4H3. The normalized spacial score (nSPS) is 21.0. The van der Waals surface area contributed by atoms with E-state index >= 15 is 0 Å². The predicted molar refractivity (Wildman–Crippen MR) is 73.7 cm³/mol. The molecule has 3 heteroatoms. The molecule has 1 aromatic rings. The Morgan fingerprint density at radius 2 is 1.83 bits per heavy atom. The van der Waals surface area contributed by atoms with Crippen LogP contribution >= 0.6 is 0 Å². The lowest BCUT2D eigenvalue weighted by Gasteiger charge is -2.24. The molecule has 1 aliphatic heterocycles. The van der Waals surface area contributed by atoms with E-state index in [1.54, 1.807) is 0 Å². The second-order valence-corrected chi connectivity index (χ2v) is 5.34. The summed E-state index contributed by atoms with van der Waals surface area (Å²) in [4.78, 5) is 13.5. The minimum atomic E-state index is 0.229. The van der Waals surface area contributed by atoms with Crippen LogP contribution in [0.2, 0.25) is 0 Å². The van der Waals surface area contributed by atoms with Crippen LogP contribution in [0.3, 0.4) is 0 Å². The number of likely N-dealkylation sites (N-methyl/N-ethyl adjacent to an activating group) is 1. The van der Waals surface area contributed by atoms with Gasteiger partial charge in [0.2, 0.25) is 5.91 Å². The number of benzene rings is 1. The minimum absolute atomic E-state index is 0.229. The van der Waals surface area contributed by atoms with Gasteiger partial charge in [-0.1, -0.05) is 17.7 Å². The lowest BCUT2D eigenvalue weighted by molar-refractivity contribution is -0.129. The van der Waals surface area contributed by atoms with Gasteiger partial charge in [0.05, 0.1) is 6.04 Å².